The molecule has 0 aromatic heterocycles. The van der Waals surface area contributed by atoms with Crippen LogP contribution < -0.4 is 0 Å². The molecule has 4 aliphatic rings. The lowest BCUT2D eigenvalue weighted by Gasteiger charge is -2.66. The SMILES string of the molecule is CC12CC3CC(CC(=O)O)(C1)CC(C(Cl)C(=O)O)(C3)C2. The van der Waals surface area contributed by atoms with E-state index in [1.54, 1.807) is 0 Å². The molecule has 4 bridgehead atoms. The summed E-state index contributed by atoms with van der Waals surface area (Å²) in [5, 5.41) is 17.7. The maximum absolute atomic E-state index is 11.4. The number of alkyl halides is 1. The predicted octanol–water partition coefficient (Wildman–Crippen LogP) is 3.13. The van der Waals surface area contributed by atoms with Crippen LogP contribution >= 0.6 is 11.6 Å². The van der Waals surface area contributed by atoms with Gasteiger partial charge in [-0.3, -0.25) is 9.59 Å². The van der Waals surface area contributed by atoms with Gasteiger partial charge in [0.1, 0.15) is 5.38 Å². The second-order valence-electron chi connectivity index (χ2n) is 7.95. The van der Waals surface area contributed by atoms with Gasteiger partial charge in [0.05, 0.1) is 6.42 Å². The number of carboxylic acid groups (broad SMARTS) is 2. The third-order valence-corrected chi connectivity index (χ3v) is 6.44. The van der Waals surface area contributed by atoms with Crippen LogP contribution in [-0.2, 0) is 9.59 Å². The Morgan fingerprint density at radius 1 is 1.20 bits per heavy atom. The van der Waals surface area contributed by atoms with Crippen LogP contribution in [0.3, 0.4) is 0 Å². The summed E-state index contributed by atoms with van der Waals surface area (Å²) in [5.74, 6) is -1.29. The van der Waals surface area contributed by atoms with Gasteiger partial charge < -0.3 is 10.2 Å². The summed E-state index contributed by atoms with van der Waals surface area (Å²) in [6.07, 6.45) is 5.44. The topological polar surface area (TPSA) is 74.6 Å². The molecule has 112 valence electrons. The highest BCUT2D eigenvalue weighted by molar-refractivity contribution is 6.30. The minimum Gasteiger partial charge on any atom is -0.481 e. The third kappa shape index (κ3) is 2.03. The number of rotatable bonds is 4. The van der Waals surface area contributed by atoms with Crippen molar-refractivity contribution in [1.82, 2.24) is 0 Å². The minimum atomic E-state index is -0.956. The van der Waals surface area contributed by atoms with Crippen molar-refractivity contribution in [2.45, 2.75) is 57.2 Å². The fraction of sp³-hybridized carbons (Fsp3) is 0.867. The molecule has 4 rings (SSSR count). The molecule has 0 amide bonds. The van der Waals surface area contributed by atoms with E-state index in [1.807, 2.05) is 0 Å². The maximum Gasteiger partial charge on any atom is 0.322 e. The summed E-state index contributed by atoms with van der Waals surface area (Å²) in [5.41, 5.74) is -0.572. The highest BCUT2D eigenvalue weighted by Gasteiger charge is 2.64. The van der Waals surface area contributed by atoms with E-state index in [9.17, 15) is 19.8 Å². The van der Waals surface area contributed by atoms with E-state index in [0.29, 0.717) is 12.3 Å². The van der Waals surface area contributed by atoms with E-state index in [0.717, 1.165) is 32.1 Å². The Labute approximate surface area is 123 Å². The van der Waals surface area contributed by atoms with Gasteiger partial charge in [-0.2, -0.15) is 0 Å². The Balaban J connectivity index is 1.99. The normalized spacial score (nSPS) is 47.2. The first kappa shape index (κ1) is 14.2. The van der Waals surface area contributed by atoms with Crippen LogP contribution in [0.4, 0.5) is 0 Å². The molecule has 2 N–H and O–H groups in total. The molecule has 0 spiro atoms. The zero-order valence-corrected chi connectivity index (χ0v) is 12.4. The molecule has 0 aromatic rings. The number of carbonyl (C=O) groups is 2. The van der Waals surface area contributed by atoms with E-state index in [2.05, 4.69) is 6.92 Å². The van der Waals surface area contributed by atoms with Gasteiger partial charge >= 0.3 is 11.9 Å². The lowest BCUT2D eigenvalue weighted by atomic mass is 9.39. The van der Waals surface area contributed by atoms with Crippen LogP contribution in [0.1, 0.15) is 51.9 Å². The summed E-state index contributed by atoms with van der Waals surface area (Å²) in [4.78, 5) is 22.6. The number of hydrogen-bond acceptors (Lipinski definition) is 2. The van der Waals surface area contributed by atoms with Crippen LogP contribution in [0.5, 0.6) is 0 Å². The van der Waals surface area contributed by atoms with Crippen molar-refractivity contribution in [3.63, 3.8) is 0 Å². The van der Waals surface area contributed by atoms with Gasteiger partial charge in [-0.1, -0.05) is 6.92 Å². The average molecular weight is 301 g/mol. The summed E-state index contributed by atoms with van der Waals surface area (Å²) >= 11 is 6.25. The molecule has 0 radical (unpaired) electrons. The molecule has 0 aliphatic heterocycles. The molecule has 5 heteroatoms. The Morgan fingerprint density at radius 3 is 2.45 bits per heavy atom. The molecule has 4 fully saturated rings. The van der Waals surface area contributed by atoms with Crippen molar-refractivity contribution >= 4 is 23.5 Å². The first-order chi connectivity index (χ1) is 9.18. The van der Waals surface area contributed by atoms with Gasteiger partial charge in [0.2, 0.25) is 0 Å². The Morgan fingerprint density at radius 2 is 1.90 bits per heavy atom. The summed E-state index contributed by atoms with van der Waals surface area (Å²) in [6, 6.07) is 0. The van der Waals surface area contributed by atoms with E-state index in [1.165, 1.54) is 0 Å². The molecule has 4 aliphatic carbocycles. The lowest BCUT2D eigenvalue weighted by molar-refractivity contribution is -0.174. The van der Waals surface area contributed by atoms with Crippen LogP contribution in [0, 0.1) is 22.2 Å². The van der Waals surface area contributed by atoms with Gasteiger partial charge in [-0.05, 0) is 60.7 Å². The standard InChI is InChI=1S/C15H21ClO4/c1-13-2-9-3-14(6-13,5-10(17)18)8-15(4-9,7-13)11(16)12(19)20/h9,11H,2-8H2,1H3,(H,17,18)(H,19,20). The van der Waals surface area contributed by atoms with Gasteiger partial charge in [-0.15, -0.1) is 11.6 Å². The van der Waals surface area contributed by atoms with E-state index in [4.69, 9.17) is 11.6 Å². The van der Waals surface area contributed by atoms with Crippen LogP contribution in [-0.4, -0.2) is 27.5 Å². The first-order valence-corrected chi connectivity index (χ1v) is 7.70. The van der Waals surface area contributed by atoms with Crippen LogP contribution in [0.2, 0.25) is 0 Å². The number of hydrogen-bond donors (Lipinski definition) is 2. The van der Waals surface area contributed by atoms with Crippen molar-refractivity contribution in [3.05, 3.63) is 0 Å². The fourth-order valence-corrected chi connectivity index (χ4v) is 6.53. The molecule has 5 unspecified atom stereocenters. The lowest BCUT2D eigenvalue weighted by Crippen LogP contribution is -2.60. The predicted molar refractivity (Wildman–Crippen MR) is 73.7 cm³/mol. The van der Waals surface area contributed by atoms with Gasteiger partial charge in [-0.25, -0.2) is 0 Å². The fourth-order valence-electron chi connectivity index (χ4n) is 6.29. The smallest absolute Gasteiger partial charge is 0.322 e. The molecule has 0 heterocycles. The number of carboxylic acids is 2. The summed E-state index contributed by atoms with van der Waals surface area (Å²) in [6.45, 7) is 2.19. The molecule has 5 atom stereocenters. The Bertz CT molecular complexity index is 478. The minimum absolute atomic E-state index is 0.0669. The molecule has 20 heavy (non-hydrogen) atoms. The van der Waals surface area contributed by atoms with Crippen LogP contribution in [0.15, 0.2) is 0 Å². The number of aliphatic carboxylic acids is 2. The van der Waals surface area contributed by atoms with Gasteiger partial charge in [0, 0.05) is 0 Å². The van der Waals surface area contributed by atoms with Crippen molar-refractivity contribution < 1.29 is 19.8 Å². The zero-order chi connectivity index (χ0) is 14.8. The molecule has 0 saturated heterocycles. The molecular weight excluding hydrogens is 280 g/mol. The van der Waals surface area contributed by atoms with E-state index >= 15 is 0 Å². The second-order valence-corrected chi connectivity index (χ2v) is 8.39. The second kappa shape index (κ2) is 4.12. The first-order valence-electron chi connectivity index (χ1n) is 7.26. The van der Waals surface area contributed by atoms with Crippen molar-refractivity contribution in [2.75, 3.05) is 0 Å². The Kier molecular flexibility index (Phi) is 2.92. The molecule has 4 nitrogen and oxygen atoms in total. The van der Waals surface area contributed by atoms with Gasteiger partial charge in [0.25, 0.3) is 0 Å². The third-order valence-electron chi connectivity index (χ3n) is 5.79. The summed E-state index contributed by atoms with van der Waals surface area (Å²) < 4.78 is 0. The molecule has 4 saturated carbocycles. The maximum atomic E-state index is 11.4. The quantitative estimate of drug-likeness (QED) is 0.782. The van der Waals surface area contributed by atoms with Gasteiger partial charge in [0.15, 0.2) is 0 Å². The highest BCUT2D eigenvalue weighted by atomic mass is 35.5. The van der Waals surface area contributed by atoms with E-state index < -0.39 is 22.7 Å². The van der Waals surface area contributed by atoms with Crippen LogP contribution in [0.25, 0.3) is 0 Å². The molecular formula is C15H21ClO4. The summed E-state index contributed by atoms with van der Waals surface area (Å²) in [7, 11) is 0. The molecule has 0 aromatic carbocycles. The number of halogens is 1. The highest BCUT2D eigenvalue weighted by Crippen LogP contribution is 2.71. The monoisotopic (exact) mass is 300 g/mol. The van der Waals surface area contributed by atoms with Crippen molar-refractivity contribution in [2.24, 2.45) is 22.2 Å². The largest absolute Gasteiger partial charge is 0.481 e. The van der Waals surface area contributed by atoms with Crippen molar-refractivity contribution in [1.29, 1.82) is 0 Å². The Hall–Kier alpha value is -0.770. The zero-order valence-electron chi connectivity index (χ0n) is 11.7. The average Bonchev–Trinajstić information content (AvgIpc) is 2.22. The van der Waals surface area contributed by atoms with Crippen molar-refractivity contribution in [3.8, 4) is 0 Å². The van der Waals surface area contributed by atoms with E-state index in [-0.39, 0.29) is 17.3 Å².